The lowest BCUT2D eigenvalue weighted by Gasteiger charge is -2.08. The molecule has 0 saturated heterocycles. The molecular weight excluding hydrogens is 351 g/mol. The Kier molecular flexibility index (Phi) is 4.73. The van der Waals surface area contributed by atoms with E-state index in [-0.39, 0.29) is 16.4 Å². The first-order chi connectivity index (χ1) is 11.5. The van der Waals surface area contributed by atoms with E-state index in [9.17, 15) is 9.18 Å². The number of aryl methyl sites for hydroxylation is 1. The van der Waals surface area contributed by atoms with Crippen LogP contribution in [-0.2, 0) is 0 Å². The first-order valence-electron chi connectivity index (χ1n) is 6.94. The van der Waals surface area contributed by atoms with Gasteiger partial charge in [-0.05, 0) is 31.2 Å². The summed E-state index contributed by atoms with van der Waals surface area (Å²) >= 11 is 7.05. The van der Waals surface area contributed by atoms with Gasteiger partial charge in [-0.2, -0.15) is 0 Å². The zero-order chi connectivity index (χ0) is 17.1. The van der Waals surface area contributed by atoms with E-state index in [0.29, 0.717) is 10.0 Å². The van der Waals surface area contributed by atoms with Crippen molar-refractivity contribution in [3.63, 3.8) is 0 Å². The van der Waals surface area contributed by atoms with Gasteiger partial charge in [0.1, 0.15) is 5.00 Å². The minimum Gasteiger partial charge on any atom is -0.344 e. The van der Waals surface area contributed by atoms with Gasteiger partial charge in [0.25, 0.3) is 5.91 Å². The Bertz CT molecular complexity index is 885. The number of carbonyl (C=O) groups excluding carboxylic acids is 1. The summed E-state index contributed by atoms with van der Waals surface area (Å²) in [6, 6.07) is 8.00. The van der Waals surface area contributed by atoms with Gasteiger partial charge in [-0.25, -0.2) is 9.37 Å². The van der Waals surface area contributed by atoms with Crippen LogP contribution in [0, 0.1) is 12.7 Å². The maximum atomic E-state index is 13.9. The molecular formula is C16H12ClFN4OS. The molecule has 0 radical (unpaired) electrons. The molecule has 8 heteroatoms. The molecule has 0 aliphatic carbocycles. The van der Waals surface area contributed by atoms with Crippen molar-refractivity contribution < 1.29 is 9.18 Å². The summed E-state index contributed by atoms with van der Waals surface area (Å²) in [5.74, 6) is -1.20. The molecule has 3 aromatic rings. The third-order valence-electron chi connectivity index (χ3n) is 3.07. The third-order valence-corrected chi connectivity index (χ3v) is 4.25. The van der Waals surface area contributed by atoms with Crippen molar-refractivity contribution in [3.05, 3.63) is 64.3 Å². The largest absolute Gasteiger partial charge is 0.344 e. The maximum Gasteiger partial charge on any atom is 0.277 e. The summed E-state index contributed by atoms with van der Waals surface area (Å²) in [5.41, 5.74) is 0.912. The van der Waals surface area contributed by atoms with Crippen LogP contribution in [0.5, 0.6) is 0 Å². The number of nitrogens with one attached hydrogen (secondary N) is 2. The fourth-order valence-corrected chi connectivity index (χ4v) is 3.03. The molecule has 0 aliphatic rings. The van der Waals surface area contributed by atoms with E-state index in [4.69, 9.17) is 11.6 Å². The molecule has 0 aliphatic heterocycles. The number of amides is 1. The Morgan fingerprint density at radius 2 is 2.12 bits per heavy atom. The Morgan fingerprint density at radius 3 is 2.88 bits per heavy atom. The highest BCUT2D eigenvalue weighted by Crippen LogP contribution is 2.29. The Balaban J connectivity index is 1.86. The maximum absolute atomic E-state index is 13.9. The number of pyridine rings is 1. The Labute approximate surface area is 146 Å². The van der Waals surface area contributed by atoms with Crippen LogP contribution in [0.1, 0.15) is 15.5 Å². The van der Waals surface area contributed by atoms with Gasteiger partial charge >= 0.3 is 0 Å². The zero-order valence-corrected chi connectivity index (χ0v) is 14.1. The average Bonchev–Trinajstić information content (AvgIpc) is 2.93. The highest BCUT2D eigenvalue weighted by molar-refractivity contribution is 7.16. The van der Waals surface area contributed by atoms with Crippen molar-refractivity contribution in [3.8, 4) is 0 Å². The predicted octanol–water partition coefficient (Wildman–Crippen LogP) is 4.63. The minimum absolute atomic E-state index is 0.00507. The third kappa shape index (κ3) is 3.52. The van der Waals surface area contributed by atoms with Crippen LogP contribution in [0.3, 0.4) is 0 Å². The fourth-order valence-electron chi connectivity index (χ4n) is 2.02. The van der Waals surface area contributed by atoms with Gasteiger partial charge in [0, 0.05) is 6.20 Å². The van der Waals surface area contributed by atoms with Crippen molar-refractivity contribution in [2.75, 3.05) is 10.6 Å². The molecule has 2 aromatic heterocycles. The molecule has 24 heavy (non-hydrogen) atoms. The fraction of sp³-hybridized carbons (Fsp3) is 0.0625. The minimum atomic E-state index is -0.679. The van der Waals surface area contributed by atoms with Gasteiger partial charge in [0.15, 0.2) is 11.5 Å². The molecule has 0 fully saturated rings. The number of carbonyl (C=O) groups is 1. The second kappa shape index (κ2) is 6.94. The van der Waals surface area contributed by atoms with Crippen LogP contribution in [-0.4, -0.2) is 15.9 Å². The smallest absolute Gasteiger partial charge is 0.277 e. The van der Waals surface area contributed by atoms with Gasteiger partial charge in [-0.1, -0.05) is 17.7 Å². The molecule has 3 rings (SSSR count). The summed E-state index contributed by atoms with van der Waals surface area (Å²) in [6.45, 7) is 1.79. The molecule has 1 amide bonds. The second-order valence-corrected chi connectivity index (χ2v) is 6.44. The normalized spacial score (nSPS) is 10.5. The molecule has 0 atom stereocenters. The standard InChI is InChI=1S/C16H12ClFN4OS/c1-9-20-14(16(24-9)21-10-4-3-7-19-8-10)15(23)22-12-6-2-5-11(17)13(12)18/h2-8,21H,1H3,(H,22,23). The molecule has 0 spiro atoms. The van der Waals surface area contributed by atoms with Crippen LogP contribution in [0.2, 0.25) is 5.02 Å². The van der Waals surface area contributed by atoms with Crippen LogP contribution in [0.25, 0.3) is 0 Å². The Morgan fingerprint density at radius 1 is 1.29 bits per heavy atom. The number of nitrogens with zero attached hydrogens (tertiary/aromatic N) is 2. The number of aromatic nitrogens is 2. The van der Waals surface area contributed by atoms with E-state index in [0.717, 1.165) is 5.69 Å². The van der Waals surface area contributed by atoms with E-state index in [1.54, 1.807) is 31.5 Å². The predicted molar refractivity (Wildman–Crippen MR) is 93.7 cm³/mol. The van der Waals surface area contributed by atoms with Gasteiger partial charge in [-0.3, -0.25) is 9.78 Å². The van der Waals surface area contributed by atoms with Crippen molar-refractivity contribution >= 4 is 45.2 Å². The van der Waals surface area contributed by atoms with Crippen LogP contribution in [0.4, 0.5) is 20.8 Å². The van der Waals surface area contributed by atoms with Crippen LogP contribution < -0.4 is 10.6 Å². The molecule has 0 unspecified atom stereocenters. The molecule has 5 nitrogen and oxygen atoms in total. The van der Waals surface area contributed by atoms with Crippen LogP contribution >= 0.6 is 22.9 Å². The lowest BCUT2D eigenvalue weighted by Crippen LogP contribution is -2.15. The highest BCUT2D eigenvalue weighted by atomic mass is 35.5. The first-order valence-corrected chi connectivity index (χ1v) is 8.14. The van der Waals surface area contributed by atoms with E-state index < -0.39 is 11.7 Å². The first kappa shape index (κ1) is 16.4. The van der Waals surface area contributed by atoms with Crippen molar-refractivity contribution in [2.24, 2.45) is 0 Å². The highest BCUT2D eigenvalue weighted by Gasteiger charge is 2.19. The van der Waals surface area contributed by atoms with Crippen molar-refractivity contribution in [1.82, 2.24) is 9.97 Å². The number of rotatable bonds is 4. The summed E-state index contributed by atoms with van der Waals surface area (Å²) < 4.78 is 13.9. The van der Waals surface area contributed by atoms with Gasteiger partial charge in [0.05, 0.1) is 27.6 Å². The van der Waals surface area contributed by atoms with Crippen molar-refractivity contribution in [1.29, 1.82) is 0 Å². The lowest BCUT2D eigenvalue weighted by molar-refractivity contribution is 0.102. The monoisotopic (exact) mass is 362 g/mol. The van der Waals surface area contributed by atoms with E-state index in [1.165, 1.54) is 23.5 Å². The Hall–Kier alpha value is -2.51. The summed E-state index contributed by atoms with van der Waals surface area (Å²) in [5, 5.41) is 6.80. The van der Waals surface area contributed by atoms with Gasteiger partial charge in [0.2, 0.25) is 0 Å². The van der Waals surface area contributed by atoms with Crippen LogP contribution in [0.15, 0.2) is 42.7 Å². The van der Waals surface area contributed by atoms with E-state index in [1.807, 2.05) is 6.07 Å². The quantitative estimate of drug-likeness (QED) is 0.709. The topological polar surface area (TPSA) is 66.9 Å². The molecule has 2 N–H and O–H groups in total. The number of anilines is 3. The SMILES string of the molecule is Cc1nc(C(=O)Nc2cccc(Cl)c2F)c(Nc2cccnc2)s1. The number of benzene rings is 1. The molecule has 122 valence electrons. The number of halogens is 2. The summed E-state index contributed by atoms with van der Waals surface area (Å²) in [4.78, 5) is 20.7. The van der Waals surface area contributed by atoms with E-state index in [2.05, 4.69) is 20.6 Å². The average molecular weight is 363 g/mol. The number of hydrogen-bond acceptors (Lipinski definition) is 5. The molecule has 1 aromatic carbocycles. The van der Waals surface area contributed by atoms with E-state index >= 15 is 0 Å². The summed E-state index contributed by atoms with van der Waals surface area (Å²) in [7, 11) is 0. The van der Waals surface area contributed by atoms with Gasteiger partial charge < -0.3 is 10.6 Å². The van der Waals surface area contributed by atoms with Gasteiger partial charge in [-0.15, -0.1) is 11.3 Å². The summed E-state index contributed by atoms with van der Waals surface area (Å²) in [6.07, 6.45) is 3.28. The van der Waals surface area contributed by atoms with Crippen molar-refractivity contribution in [2.45, 2.75) is 6.92 Å². The number of hydrogen-bond donors (Lipinski definition) is 2. The zero-order valence-electron chi connectivity index (χ0n) is 12.5. The second-order valence-electron chi connectivity index (χ2n) is 4.83. The molecule has 2 heterocycles. The molecule has 0 saturated carbocycles. The number of thiazole rings is 1. The lowest BCUT2D eigenvalue weighted by atomic mass is 10.3. The molecule has 0 bridgehead atoms.